The van der Waals surface area contributed by atoms with Gasteiger partial charge in [0.2, 0.25) is 0 Å². The van der Waals surface area contributed by atoms with Crippen LogP contribution in [0.2, 0.25) is 0 Å². The van der Waals surface area contributed by atoms with Crippen molar-refractivity contribution in [3.05, 3.63) is 58.7 Å². The average Bonchev–Trinajstić information content (AvgIpc) is 2.59. The molecule has 0 unspecified atom stereocenters. The Hall–Kier alpha value is -2.69. The average molecular weight is 341 g/mol. The molecule has 0 bridgehead atoms. The van der Waals surface area contributed by atoms with Crippen LogP contribution < -0.4 is 4.74 Å². The van der Waals surface area contributed by atoms with Crippen LogP contribution in [-0.4, -0.2) is 17.6 Å². The van der Waals surface area contributed by atoms with E-state index in [0.717, 1.165) is 11.1 Å². The number of nitrogens with zero attached hydrogens (tertiary/aromatic N) is 2. The van der Waals surface area contributed by atoms with Crippen molar-refractivity contribution in [2.45, 2.75) is 19.3 Å². The van der Waals surface area contributed by atoms with Crippen molar-refractivity contribution in [3.8, 4) is 23.6 Å². The first-order valence-electron chi connectivity index (χ1n) is 7.41. The lowest BCUT2D eigenvalue weighted by Crippen LogP contribution is -2.19. The Morgan fingerprint density at radius 2 is 1.58 bits per heavy atom. The van der Waals surface area contributed by atoms with Crippen molar-refractivity contribution < 1.29 is 9.84 Å². The number of rotatable bonds is 5. The van der Waals surface area contributed by atoms with Crippen LogP contribution in [0.4, 0.5) is 0 Å². The minimum atomic E-state index is -0.448. The predicted octanol–water partition coefficient (Wildman–Crippen LogP) is 4.08. The molecule has 0 radical (unpaired) electrons. The van der Waals surface area contributed by atoms with Gasteiger partial charge < -0.3 is 9.84 Å². The minimum absolute atomic E-state index is 0.190. The number of ether oxygens (including phenoxy) is 1. The van der Waals surface area contributed by atoms with Gasteiger partial charge in [-0.2, -0.15) is 10.5 Å². The topological polar surface area (TPSA) is 77.0 Å². The second-order valence-electron chi connectivity index (χ2n) is 5.83. The van der Waals surface area contributed by atoms with Gasteiger partial charge in [-0.3, -0.25) is 0 Å². The van der Waals surface area contributed by atoms with Crippen LogP contribution in [0.15, 0.2) is 36.4 Å². The summed E-state index contributed by atoms with van der Waals surface area (Å²) in [4.78, 5) is 0. The van der Waals surface area contributed by atoms with E-state index < -0.39 is 5.41 Å². The molecule has 0 aliphatic carbocycles. The van der Waals surface area contributed by atoms with Gasteiger partial charge in [0.15, 0.2) is 5.75 Å². The van der Waals surface area contributed by atoms with E-state index in [4.69, 9.17) is 16.3 Å². The van der Waals surface area contributed by atoms with E-state index in [2.05, 4.69) is 12.1 Å². The molecule has 0 fully saturated rings. The first-order chi connectivity index (χ1) is 11.4. The Bertz CT molecular complexity index is 780. The molecule has 1 N–H and O–H groups in total. The third-order valence-corrected chi connectivity index (χ3v) is 4.12. The Labute approximate surface area is 146 Å². The number of alkyl halides is 1. The van der Waals surface area contributed by atoms with Gasteiger partial charge in [0.05, 0.1) is 17.0 Å². The van der Waals surface area contributed by atoms with Gasteiger partial charge in [-0.1, -0.05) is 26.0 Å². The number of phenolic OH excluding ortho intramolecular Hbond substituents is 1. The van der Waals surface area contributed by atoms with Gasteiger partial charge in [-0.25, -0.2) is 0 Å². The maximum atomic E-state index is 9.46. The Balaban J connectivity index is 2.56. The maximum Gasteiger partial charge on any atom is 0.154 e. The van der Waals surface area contributed by atoms with Crippen LogP contribution in [0.25, 0.3) is 0 Å². The van der Waals surface area contributed by atoms with E-state index in [0.29, 0.717) is 11.1 Å². The van der Waals surface area contributed by atoms with E-state index in [1.165, 1.54) is 0 Å². The number of benzene rings is 2. The monoisotopic (exact) mass is 340 g/mol. The number of halogens is 1. The second kappa shape index (κ2) is 7.25. The van der Waals surface area contributed by atoms with E-state index in [-0.39, 0.29) is 24.0 Å². The lowest BCUT2D eigenvalue weighted by molar-refractivity contribution is 0.340. The van der Waals surface area contributed by atoms with Crippen LogP contribution in [0.5, 0.6) is 11.5 Å². The standard InChI is InChI=1S/C19H17ClN2O2/c1-19(2,15-3-5-17(23)6-4-15)16-9-13(11-21)18(24-8-7-20)14(10-16)12-22/h3-6,9-10,23H,7-8H2,1-2H3. The summed E-state index contributed by atoms with van der Waals surface area (Å²) in [5.41, 5.74) is 1.94. The fourth-order valence-corrected chi connectivity index (χ4v) is 2.57. The summed E-state index contributed by atoms with van der Waals surface area (Å²) >= 11 is 5.63. The van der Waals surface area contributed by atoms with Gasteiger partial charge in [-0.15, -0.1) is 11.6 Å². The van der Waals surface area contributed by atoms with Gasteiger partial charge in [0.1, 0.15) is 24.5 Å². The third kappa shape index (κ3) is 3.45. The smallest absolute Gasteiger partial charge is 0.154 e. The predicted molar refractivity (Wildman–Crippen MR) is 92.3 cm³/mol. The summed E-state index contributed by atoms with van der Waals surface area (Å²) < 4.78 is 5.48. The third-order valence-electron chi connectivity index (χ3n) is 3.96. The van der Waals surface area contributed by atoms with E-state index in [1.807, 2.05) is 26.0 Å². The van der Waals surface area contributed by atoms with Crippen LogP contribution in [0.3, 0.4) is 0 Å². The summed E-state index contributed by atoms with van der Waals surface area (Å²) in [7, 11) is 0. The lowest BCUT2D eigenvalue weighted by Gasteiger charge is -2.27. The van der Waals surface area contributed by atoms with Gasteiger partial charge in [0.25, 0.3) is 0 Å². The molecule has 0 aliphatic heterocycles. The Kier molecular flexibility index (Phi) is 5.34. The van der Waals surface area contributed by atoms with Crippen molar-refractivity contribution in [3.63, 3.8) is 0 Å². The number of nitriles is 2. The first kappa shape index (κ1) is 17.7. The fourth-order valence-electron chi connectivity index (χ4n) is 2.50. The van der Waals surface area contributed by atoms with Crippen molar-refractivity contribution in [1.82, 2.24) is 0 Å². The first-order valence-corrected chi connectivity index (χ1v) is 7.94. The Morgan fingerprint density at radius 3 is 2.04 bits per heavy atom. The second-order valence-corrected chi connectivity index (χ2v) is 6.21. The molecule has 2 aromatic carbocycles. The maximum absolute atomic E-state index is 9.46. The highest BCUT2D eigenvalue weighted by Crippen LogP contribution is 2.36. The highest BCUT2D eigenvalue weighted by molar-refractivity contribution is 6.18. The normalized spacial score (nSPS) is 10.7. The van der Waals surface area contributed by atoms with E-state index in [9.17, 15) is 15.6 Å². The highest BCUT2D eigenvalue weighted by atomic mass is 35.5. The molecule has 24 heavy (non-hydrogen) atoms. The van der Waals surface area contributed by atoms with Gasteiger partial charge >= 0.3 is 0 Å². The highest BCUT2D eigenvalue weighted by Gasteiger charge is 2.26. The van der Waals surface area contributed by atoms with Crippen LogP contribution >= 0.6 is 11.6 Å². The molecule has 0 atom stereocenters. The molecular formula is C19H17ClN2O2. The zero-order chi connectivity index (χ0) is 17.7. The summed E-state index contributed by atoms with van der Waals surface area (Å²) in [6, 6.07) is 14.5. The molecule has 2 aromatic rings. The quantitative estimate of drug-likeness (QED) is 0.832. The number of hydrogen-bond acceptors (Lipinski definition) is 4. The lowest BCUT2D eigenvalue weighted by atomic mass is 9.77. The molecule has 0 spiro atoms. The molecule has 122 valence electrons. The molecule has 0 aliphatic rings. The molecule has 0 heterocycles. The Morgan fingerprint density at radius 1 is 1.04 bits per heavy atom. The SMILES string of the molecule is CC(C)(c1ccc(O)cc1)c1cc(C#N)c(OCCCl)c(C#N)c1. The molecule has 2 rings (SSSR count). The number of hydrogen-bond donors (Lipinski definition) is 1. The van der Waals surface area contributed by atoms with Gasteiger partial charge in [0, 0.05) is 5.41 Å². The van der Waals surface area contributed by atoms with Crippen molar-refractivity contribution in [2.75, 3.05) is 12.5 Å². The molecular weight excluding hydrogens is 324 g/mol. The molecule has 0 aromatic heterocycles. The van der Waals surface area contributed by atoms with E-state index in [1.54, 1.807) is 24.3 Å². The van der Waals surface area contributed by atoms with E-state index >= 15 is 0 Å². The zero-order valence-corrected chi connectivity index (χ0v) is 14.3. The molecule has 5 heteroatoms. The zero-order valence-electron chi connectivity index (χ0n) is 13.5. The van der Waals surface area contributed by atoms with Crippen molar-refractivity contribution in [1.29, 1.82) is 10.5 Å². The summed E-state index contributed by atoms with van der Waals surface area (Å²) in [5.74, 6) is 0.733. The fraction of sp³-hybridized carbons (Fsp3) is 0.263. The molecule has 0 saturated heterocycles. The number of aromatic hydroxyl groups is 1. The van der Waals surface area contributed by atoms with Gasteiger partial charge in [-0.05, 0) is 35.4 Å². The molecule has 0 saturated carbocycles. The summed E-state index contributed by atoms with van der Waals surface area (Å²) in [6.07, 6.45) is 0. The van der Waals surface area contributed by atoms with Crippen molar-refractivity contribution >= 4 is 11.6 Å². The minimum Gasteiger partial charge on any atom is -0.508 e. The molecule has 0 amide bonds. The largest absolute Gasteiger partial charge is 0.508 e. The van der Waals surface area contributed by atoms with Crippen molar-refractivity contribution in [2.24, 2.45) is 0 Å². The van der Waals surface area contributed by atoms with Crippen LogP contribution in [0.1, 0.15) is 36.1 Å². The number of phenols is 1. The van der Waals surface area contributed by atoms with Crippen LogP contribution in [-0.2, 0) is 5.41 Å². The van der Waals surface area contributed by atoms with Crippen LogP contribution in [0, 0.1) is 22.7 Å². The summed E-state index contributed by atoms with van der Waals surface area (Å²) in [5, 5.41) is 28.3. The summed E-state index contributed by atoms with van der Waals surface area (Å²) in [6.45, 7) is 4.22. The molecule has 4 nitrogen and oxygen atoms in total.